The van der Waals surface area contributed by atoms with E-state index in [0.29, 0.717) is 22.6 Å². The van der Waals surface area contributed by atoms with Crippen LogP contribution in [0.4, 0.5) is 0 Å². The van der Waals surface area contributed by atoms with E-state index in [1.807, 2.05) is 23.1 Å². The van der Waals surface area contributed by atoms with Crippen LogP contribution in [0.15, 0.2) is 57.9 Å². The normalized spacial score (nSPS) is 22.8. The monoisotopic (exact) mass is 406 g/mol. The lowest BCUT2D eigenvalue weighted by Gasteiger charge is -2.38. The van der Waals surface area contributed by atoms with Gasteiger partial charge in [-0.2, -0.15) is 0 Å². The van der Waals surface area contributed by atoms with E-state index < -0.39 is 5.63 Å². The number of carbonyl (C=O) groups is 1. The van der Waals surface area contributed by atoms with E-state index in [4.69, 9.17) is 13.9 Å². The zero-order chi connectivity index (χ0) is 20.7. The Morgan fingerprint density at radius 2 is 1.93 bits per heavy atom. The number of hydrogen-bond donors (Lipinski definition) is 0. The van der Waals surface area contributed by atoms with Gasteiger partial charge in [-0.25, -0.2) is 9.78 Å². The van der Waals surface area contributed by atoms with Gasteiger partial charge in [0.2, 0.25) is 5.88 Å². The molecule has 2 aliphatic rings. The number of hydrogen-bond acceptors (Lipinski definition) is 6. The van der Waals surface area contributed by atoms with Crippen molar-refractivity contribution in [3.8, 4) is 11.6 Å². The molecule has 1 amide bonds. The van der Waals surface area contributed by atoms with E-state index in [0.717, 1.165) is 25.7 Å². The van der Waals surface area contributed by atoms with Crippen LogP contribution in [0.3, 0.4) is 0 Å². The minimum Gasteiger partial charge on any atom is -0.493 e. The van der Waals surface area contributed by atoms with Gasteiger partial charge in [0, 0.05) is 42.6 Å². The fourth-order valence-corrected chi connectivity index (χ4v) is 4.71. The van der Waals surface area contributed by atoms with Crippen LogP contribution in [0.5, 0.6) is 11.6 Å². The number of piperidine rings is 1. The summed E-state index contributed by atoms with van der Waals surface area (Å²) in [6.07, 6.45) is 4.99. The Hall–Kier alpha value is -3.35. The zero-order valence-electron chi connectivity index (χ0n) is 16.6. The lowest BCUT2D eigenvalue weighted by atomic mass is 9.98. The minimum absolute atomic E-state index is 0.0127. The zero-order valence-corrected chi connectivity index (χ0v) is 16.6. The van der Waals surface area contributed by atoms with Crippen LogP contribution >= 0.6 is 0 Å². The molecular weight excluding hydrogens is 384 g/mol. The van der Waals surface area contributed by atoms with Crippen molar-refractivity contribution in [1.82, 2.24) is 9.88 Å². The summed E-state index contributed by atoms with van der Waals surface area (Å²) in [5.41, 5.74) is -0.216. The van der Waals surface area contributed by atoms with Gasteiger partial charge < -0.3 is 18.8 Å². The predicted molar refractivity (Wildman–Crippen MR) is 110 cm³/mol. The predicted octanol–water partition coefficient (Wildman–Crippen LogP) is 3.41. The van der Waals surface area contributed by atoms with Crippen molar-refractivity contribution in [3.05, 3.63) is 64.6 Å². The summed E-state index contributed by atoms with van der Waals surface area (Å²) < 4.78 is 16.7. The van der Waals surface area contributed by atoms with Gasteiger partial charge in [-0.1, -0.05) is 18.2 Å². The lowest BCUT2D eigenvalue weighted by Crippen LogP contribution is -2.50. The van der Waals surface area contributed by atoms with Gasteiger partial charge in [0.25, 0.3) is 5.91 Å². The maximum Gasteiger partial charge on any atom is 0.349 e. The van der Waals surface area contributed by atoms with Gasteiger partial charge in [0.15, 0.2) is 11.3 Å². The van der Waals surface area contributed by atoms with E-state index >= 15 is 0 Å². The van der Waals surface area contributed by atoms with Crippen LogP contribution in [-0.4, -0.2) is 41.1 Å². The second kappa shape index (κ2) is 7.48. The van der Waals surface area contributed by atoms with Gasteiger partial charge in [-0.15, -0.1) is 0 Å². The smallest absolute Gasteiger partial charge is 0.349 e. The van der Waals surface area contributed by atoms with E-state index in [-0.39, 0.29) is 29.7 Å². The Morgan fingerprint density at radius 3 is 2.63 bits per heavy atom. The first-order valence-corrected chi connectivity index (χ1v) is 10.2. The summed E-state index contributed by atoms with van der Waals surface area (Å²) in [6.45, 7) is 0. The molecule has 4 heterocycles. The minimum atomic E-state index is -0.636. The third-order valence-electron chi connectivity index (χ3n) is 6.02. The average Bonchev–Trinajstić information content (AvgIpc) is 3.03. The molecule has 2 aromatic heterocycles. The molecule has 2 aliphatic heterocycles. The standard InChI is InChI=1S/C23H22N2O5/c1-28-19-6-4-5-14-11-18(23(27)30-21(14)19)22(26)25-15-8-9-16(25)13-17(12-15)29-20-7-2-3-10-24-20/h2-7,10-11,15-17H,8-9,12-13H2,1H3. The number of rotatable bonds is 4. The lowest BCUT2D eigenvalue weighted by molar-refractivity contribution is 0.0345. The maximum atomic E-state index is 13.3. The van der Waals surface area contributed by atoms with Crippen molar-refractivity contribution < 1.29 is 18.7 Å². The molecule has 0 aliphatic carbocycles. The van der Waals surface area contributed by atoms with Crippen LogP contribution < -0.4 is 15.1 Å². The molecule has 2 saturated heterocycles. The molecule has 2 atom stereocenters. The molecule has 30 heavy (non-hydrogen) atoms. The highest BCUT2D eigenvalue weighted by molar-refractivity contribution is 5.98. The van der Waals surface area contributed by atoms with Crippen LogP contribution in [0.1, 0.15) is 36.0 Å². The summed E-state index contributed by atoms with van der Waals surface area (Å²) in [7, 11) is 1.52. The largest absolute Gasteiger partial charge is 0.493 e. The first kappa shape index (κ1) is 18.7. The Labute approximate surface area is 173 Å². The van der Waals surface area contributed by atoms with E-state index in [9.17, 15) is 9.59 Å². The highest BCUT2D eigenvalue weighted by Gasteiger charge is 2.45. The summed E-state index contributed by atoms with van der Waals surface area (Å²) in [5.74, 6) is 0.805. The highest BCUT2D eigenvalue weighted by Crippen LogP contribution is 2.38. The van der Waals surface area contributed by atoms with Gasteiger partial charge in [-0.05, 0) is 31.0 Å². The molecule has 0 spiro atoms. The molecule has 7 nitrogen and oxygen atoms in total. The number of nitrogens with zero attached hydrogens (tertiary/aromatic N) is 2. The van der Waals surface area contributed by atoms with Gasteiger partial charge in [0.1, 0.15) is 11.7 Å². The second-order valence-electron chi connectivity index (χ2n) is 7.80. The SMILES string of the molecule is COc1cccc2cc(C(=O)N3C4CCC3CC(Oc3ccccn3)C4)c(=O)oc12. The summed E-state index contributed by atoms with van der Waals surface area (Å²) in [6, 6.07) is 12.6. The number of aromatic nitrogens is 1. The molecule has 0 radical (unpaired) electrons. The molecule has 3 aromatic rings. The summed E-state index contributed by atoms with van der Waals surface area (Å²) in [4.78, 5) is 32.0. The van der Waals surface area contributed by atoms with Crippen molar-refractivity contribution in [2.24, 2.45) is 0 Å². The van der Waals surface area contributed by atoms with Crippen molar-refractivity contribution in [2.75, 3.05) is 7.11 Å². The number of carbonyl (C=O) groups excluding carboxylic acids is 1. The van der Waals surface area contributed by atoms with Gasteiger partial charge in [0.05, 0.1) is 7.11 Å². The molecular formula is C23H22N2O5. The Kier molecular flexibility index (Phi) is 4.65. The highest BCUT2D eigenvalue weighted by atomic mass is 16.5. The molecule has 0 N–H and O–H groups in total. The Balaban J connectivity index is 1.40. The first-order chi connectivity index (χ1) is 14.6. The Morgan fingerprint density at radius 1 is 1.13 bits per heavy atom. The molecule has 1 aromatic carbocycles. The number of fused-ring (bicyclic) bond motifs is 3. The first-order valence-electron chi connectivity index (χ1n) is 10.2. The van der Waals surface area contributed by atoms with Crippen LogP contribution in [-0.2, 0) is 0 Å². The molecule has 154 valence electrons. The molecule has 2 unspecified atom stereocenters. The molecule has 2 fully saturated rings. The topological polar surface area (TPSA) is 81.9 Å². The van der Waals surface area contributed by atoms with E-state index in [1.54, 1.807) is 30.5 Å². The van der Waals surface area contributed by atoms with Gasteiger partial charge >= 0.3 is 5.63 Å². The van der Waals surface area contributed by atoms with Gasteiger partial charge in [-0.3, -0.25) is 4.79 Å². The van der Waals surface area contributed by atoms with Crippen molar-refractivity contribution in [1.29, 1.82) is 0 Å². The number of benzene rings is 1. The Bertz CT molecular complexity index is 1130. The quantitative estimate of drug-likeness (QED) is 0.618. The van der Waals surface area contributed by atoms with Crippen LogP contribution in [0, 0.1) is 0 Å². The summed E-state index contributed by atoms with van der Waals surface area (Å²) in [5, 5.41) is 0.665. The van der Waals surface area contributed by atoms with Crippen molar-refractivity contribution in [3.63, 3.8) is 0 Å². The van der Waals surface area contributed by atoms with E-state index in [1.165, 1.54) is 7.11 Å². The second-order valence-corrected chi connectivity index (χ2v) is 7.80. The molecule has 2 bridgehead atoms. The van der Waals surface area contributed by atoms with Crippen LogP contribution in [0.25, 0.3) is 11.0 Å². The van der Waals surface area contributed by atoms with E-state index in [2.05, 4.69) is 4.98 Å². The van der Waals surface area contributed by atoms with Crippen molar-refractivity contribution in [2.45, 2.75) is 43.9 Å². The summed E-state index contributed by atoms with van der Waals surface area (Å²) >= 11 is 0. The number of ether oxygens (including phenoxy) is 2. The molecule has 7 heteroatoms. The molecule has 5 rings (SSSR count). The van der Waals surface area contributed by atoms with Crippen molar-refractivity contribution >= 4 is 16.9 Å². The molecule has 0 saturated carbocycles. The third-order valence-corrected chi connectivity index (χ3v) is 6.02. The third kappa shape index (κ3) is 3.20. The van der Waals surface area contributed by atoms with Crippen LogP contribution in [0.2, 0.25) is 0 Å². The fourth-order valence-electron chi connectivity index (χ4n) is 4.71. The average molecular weight is 406 g/mol. The number of methoxy groups -OCH3 is 1. The fraction of sp³-hybridized carbons (Fsp3) is 0.348. The number of pyridine rings is 1. The maximum absolute atomic E-state index is 13.3. The number of amides is 1. The number of para-hydroxylation sites is 1.